The molecular formula is C10H19NO2S. The molecule has 4 heteroatoms. The van der Waals surface area contributed by atoms with Gasteiger partial charge in [-0.3, -0.25) is 0 Å². The van der Waals surface area contributed by atoms with Crippen molar-refractivity contribution < 1.29 is 8.42 Å². The van der Waals surface area contributed by atoms with Gasteiger partial charge in [0, 0.05) is 5.41 Å². The standard InChI is InChI=1S/C10H19NO2S/c1-9(2)6-5-7-10(3)8-14(12,13)11-4/h6,8,11H,5,7H2,1-4H3/b10-8-. The minimum atomic E-state index is -3.20. The quantitative estimate of drug-likeness (QED) is 0.717. The fraction of sp³-hybridized carbons (Fsp3) is 0.600. The van der Waals surface area contributed by atoms with Crippen LogP contribution in [0.2, 0.25) is 0 Å². The second kappa shape index (κ2) is 5.98. The van der Waals surface area contributed by atoms with Gasteiger partial charge in [-0.25, -0.2) is 13.1 Å². The van der Waals surface area contributed by atoms with Crippen LogP contribution in [0.4, 0.5) is 0 Å². The average Bonchev–Trinajstić information content (AvgIpc) is 2.02. The van der Waals surface area contributed by atoms with Crippen LogP contribution in [0.1, 0.15) is 33.6 Å². The molecule has 3 nitrogen and oxygen atoms in total. The van der Waals surface area contributed by atoms with Crippen LogP contribution in [0.15, 0.2) is 22.6 Å². The fourth-order valence-electron chi connectivity index (χ4n) is 0.971. The second-order valence-corrected chi connectivity index (χ2v) is 5.27. The molecular weight excluding hydrogens is 198 g/mol. The van der Waals surface area contributed by atoms with Gasteiger partial charge in [-0.2, -0.15) is 0 Å². The molecule has 0 heterocycles. The Labute approximate surface area is 87.0 Å². The van der Waals surface area contributed by atoms with Gasteiger partial charge in [-0.15, -0.1) is 0 Å². The minimum Gasteiger partial charge on any atom is -0.215 e. The van der Waals surface area contributed by atoms with Crippen LogP contribution in [0, 0.1) is 0 Å². The molecule has 0 atom stereocenters. The number of hydrogen-bond donors (Lipinski definition) is 1. The van der Waals surface area contributed by atoms with E-state index in [1.54, 1.807) is 0 Å². The Morgan fingerprint density at radius 2 is 1.86 bits per heavy atom. The van der Waals surface area contributed by atoms with Gasteiger partial charge in [-0.1, -0.05) is 17.2 Å². The lowest BCUT2D eigenvalue weighted by Gasteiger charge is -1.99. The van der Waals surface area contributed by atoms with Crippen LogP contribution < -0.4 is 4.72 Å². The third-order valence-corrected chi connectivity index (χ3v) is 3.01. The zero-order chi connectivity index (χ0) is 11.2. The van der Waals surface area contributed by atoms with E-state index in [0.717, 1.165) is 18.4 Å². The molecule has 0 bridgehead atoms. The Hall–Kier alpha value is -0.610. The summed E-state index contributed by atoms with van der Waals surface area (Å²) >= 11 is 0. The molecule has 82 valence electrons. The molecule has 1 N–H and O–H groups in total. The Morgan fingerprint density at radius 1 is 1.29 bits per heavy atom. The van der Waals surface area contributed by atoms with Gasteiger partial charge < -0.3 is 0 Å². The lowest BCUT2D eigenvalue weighted by Crippen LogP contribution is -2.15. The highest BCUT2D eigenvalue weighted by molar-refractivity contribution is 7.92. The summed E-state index contributed by atoms with van der Waals surface area (Å²) in [6.07, 6.45) is 3.78. The number of allylic oxidation sites excluding steroid dienone is 3. The average molecular weight is 217 g/mol. The lowest BCUT2D eigenvalue weighted by atomic mass is 10.1. The molecule has 0 aliphatic rings. The van der Waals surface area contributed by atoms with Crippen LogP contribution in [-0.4, -0.2) is 15.5 Å². The summed E-state index contributed by atoms with van der Waals surface area (Å²) < 4.78 is 24.5. The highest BCUT2D eigenvalue weighted by Gasteiger charge is 2.01. The van der Waals surface area contributed by atoms with Crippen molar-refractivity contribution in [3.63, 3.8) is 0 Å². The van der Waals surface area contributed by atoms with Gasteiger partial charge in [0.1, 0.15) is 0 Å². The molecule has 0 aliphatic heterocycles. The summed E-state index contributed by atoms with van der Waals surface area (Å²) in [5, 5.41) is 1.28. The number of rotatable bonds is 5. The Kier molecular flexibility index (Phi) is 5.72. The Bertz CT molecular complexity index is 322. The molecule has 0 aromatic carbocycles. The minimum absolute atomic E-state index is 0.784. The van der Waals surface area contributed by atoms with E-state index >= 15 is 0 Å². The first-order valence-corrected chi connectivity index (χ1v) is 6.16. The molecule has 0 aromatic rings. The summed E-state index contributed by atoms with van der Waals surface area (Å²) in [6, 6.07) is 0. The van der Waals surface area contributed by atoms with Crippen molar-refractivity contribution in [2.24, 2.45) is 0 Å². The van der Waals surface area contributed by atoms with Crippen LogP contribution in [0.3, 0.4) is 0 Å². The number of nitrogens with one attached hydrogen (secondary N) is 1. The Balaban J connectivity index is 4.22. The zero-order valence-corrected chi connectivity index (χ0v) is 10.1. The maximum Gasteiger partial charge on any atom is 0.233 e. The van der Waals surface area contributed by atoms with E-state index in [1.807, 2.05) is 20.8 Å². The summed E-state index contributed by atoms with van der Waals surface area (Å²) in [5.74, 6) is 0. The van der Waals surface area contributed by atoms with Crippen molar-refractivity contribution >= 4 is 10.0 Å². The highest BCUT2D eigenvalue weighted by Crippen LogP contribution is 2.07. The van der Waals surface area contributed by atoms with Gasteiger partial charge in [0.25, 0.3) is 0 Å². The molecule has 0 radical (unpaired) electrons. The van der Waals surface area contributed by atoms with Crippen molar-refractivity contribution in [3.8, 4) is 0 Å². The van der Waals surface area contributed by atoms with Crippen molar-refractivity contribution in [2.75, 3.05) is 7.05 Å². The molecule has 0 aromatic heterocycles. The maximum atomic E-state index is 11.1. The van der Waals surface area contributed by atoms with Crippen LogP contribution in [-0.2, 0) is 10.0 Å². The molecule has 0 rings (SSSR count). The van der Waals surface area contributed by atoms with Crippen LogP contribution >= 0.6 is 0 Å². The third kappa shape index (κ3) is 6.86. The molecule has 0 fully saturated rings. The molecule has 0 spiro atoms. The Morgan fingerprint density at radius 3 is 2.29 bits per heavy atom. The summed E-state index contributed by atoms with van der Waals surface area (Å²) in [4.78, 5) is 0. The van der Waals surface area contributed by atoms with Crippen molar-refractivity contribution in [3.05, 3.63) is 22.6 Å². The van der Waals surface area contributed by atoms with Crippen molar-refractivity contribution in [2.45, 2.75) is 33.6 Å². The van der Waals surface area contributed by atoms with E-state index in [4.69, 9.17) is 0 Å². The first-order valence-electron chi connectivity index (χ1n) is 4.61. The number of hydrogen-bond acceptors (Lipinski definition) is 2. The van der Waals surface area contributed by atoms with E-state index in [9.17, 15) is 8.42 Å². The topological polar surface area (TPSA) is 46.2 Å². The molecule has 0 saturated heterocycles. The van der Waals surface area contributed by atoms with Gasteiger partial charge in [-0.05, 0) is 40.7 Å². The lowest BCUT2D eigenvalue weighted by molar-refractivity contribution is 0.597. The smallest absolute Gasteiger partial charge is 0.215 e. The van der Waals surface area contributed by atoms with Gasteiger partial charge >= 0.3 is 0 Å². The monoisotopic (exact) mass is 217 g/mol. The van der Waals surface area contributed by atoms with E-state index in [1.165, 1.54) is 18.0 Å². The van der Waals surface area contributed by atoms with E-state index in [-0.39, 0.29) is 0 Å². The summed E-state index contributed by atoms with van der Waals surface area (Å²) in [7, 11) is -1.79. The summed E-state index contributed by atoms with van der Waals surface area (Å²) in [5.41, 5.74) is 2.13. The zero-order valence-electron chi connectivity index (χ0n) is 9.29. The molecule has 0 aliphatic carbocycles. The molecule has 0 unspecified atom stereocenters. The second-order valence-electron chi connectivity index (χ2n) is 3.53. The predicted molar refractivity (Wildman–Crippen MR) is 60.4 cm³/mol. The normalized spacial score (nSPS) is 12.7. The van der Waals surface area contributed by atoms with Gasteiger partial charge in [0.2, 0.25) is 10.0 Å². The van der Waals surface area contributed by atoms with Crippen LogP contribution in [0.5, 0.6) is 0 Å². The van der Waals surface area contributed by atoms with Gasteiger partial charge in [0.15, 0.2) is 0 Å². The maximum absolute atomic E-state index is 11.1. The third-order valence-electron chi connectivity index (χ3n) is 1.73. The largest absolute Gasteiger partial charge is 0.233 e. The fourth-order valence-corrected chi connectivity index (χ4v) is 1.74. The predicted octanol–water partition coefficient (Wildman–Crippen LogP) is 2.19. The van der Waals surface area contributed by atoms with E-state index < -0.39 is 10.0 Å². The van der Waals surface area contributed by atoms with Crippen molar-refractivity contribution in [1.29, 1.82) is 0 Å². The van der Waals surface area contributed by atoms with Crippen LogP contribution in [0.25, 0.3) is 0 Å². The molecule has 14 heavy (non-hydrogen) atoms. The SMILES string of the molecule is CNS(=O)(=O)/C=C(/C)CCC=C(C)C. The first-order chi connectivity index (χ1) is 6.37. The summed E-state index contributed by atoms with van der Waals surface area (Å²) in [6.45, 7) is 5.89. The molecule has 0 saturated carbocycles. The van der Waals surface area contributed by atoms with Gasteiger partial charge in [0.05, 0.1) is 0 Å². The van der Waals surface area contributed by atoms with Crippen molar-refractivity contribution in [1.82, 2.24) is 4.72 Å². The number of sulfonamides is 1. The first kappa shape index (κ1) is 13.4. The molecule has 0 amide bonds. The van der Waals surface area contributed by atoms with E-state index in [0.29, 0.717) is 0 Å². The highest BCUT2D eigenvalue weighted by atomic mass is 32.2. The van der Waals surface area contributed by atoms with E-state index in [2.05, 4.69) is 10.8 Å².